The van der Waals surface area contributed by atoms with Gasteiger partial charge in [-0.1, -0.05) is 40.5 Å². The van der Waals surface area contributed by atoms with Crippen LogP contribution in [0.1, 0.15) is 53.9 Å². The first kappa shape index (κ1) is 25.0. The molecular weight excluding hydrogens is 365 g/mol. The van der Waals surface area contributed by atoms with Crippen molar-refractivity contribution in [3.05, 3.63) is 0 Å². The van der Waals surface area contributed by atoms with E-state index in [9.17, 15) is 10.2 Å². The van der Waals surface area contributed by atoms with Crippen LogP contribution in [-0.4, -0.2) is 49.4 Å². The van der Waals surface area contributed by atoms with E-state index in [1.807, 2.05) is 13.8 Å². The fourth-order valence-corrected chi connectivity index (χ4v) is 6.48. The SMILES string of the molecule is CCC(C)[O-].CCC(C)[O-].CCS[CH2][Sn+2][CH2]CCN. The van der Waals surface area contributed by atoms with Crippen LogP contribution in [0.25, 0.3) is 0 Å². The zero-order valence-electron chi connectivity index (χ0n) is 13.4. The molecular formula is C14H33NO2SSn. The zero-order chi connectivity index (χ0) is 15.5. The summed E-state index contributed by atoms with van der Waals surface area (Å²) in [5.74, 6) is 1.30. The van der Waals surface area contributed by atoms with Gasteiger partial charge < -0.3 is 10.2 Å². The minimum absolute atomic E-state index is 0.0325. The third-order valence-electron chi connectivity index (χ3n) is 2.12. The van der Waals surface area contributed by atoms with E-state index in [2.05, 4.69) is 18.7 Å². The molecule has 2 N–H and O–H groups in total. The Balaban J connectivity index is -0.000000219. The van der Waals surface area contributed by atoms with Crippen LogP contribution in [0.3, 0.4) is 0 Å². The molecule has 0 aliphatic carbocycles. The first-order chi connectivity index (χ1) is 8.95. The van der Waals surface area contributed by atoms with Gasteiger partial charge in [0.05, 0.1) is 0 Å². The normalized spacial score (nSPS) is 12.2. The Morgan fingerprint density at radius 3 is 1.74 bits per heavy atom. The maximum atomic E-state index is 9.90. The summed E-state index contributed by atoms with van der Waals surface area (Å²) in [7, 11) is 0. The van der Waals surface area contributed by atoms with E-state index in [-0.39, 0.29) is 33.4 Å². The molecule has 2 atom stereocenters. The van der Waals surface area contributed by atoms with Crippen LogP contribution < -0.4 is 15.9 Å². The van der Waals surface area contributed by atoms with Crippen molar-refractivity contribution in [2.45, 2.75) is 70.5 Å². The van der Waals surface area contributed by atoms with Crippen LogP contribution in [0.15, 0.2) is 0 Å². The number of nitrogens with two attached hydrogens (primary N) is 1. The van der Waals surface area contributed by atoms with Gasteiger partial charge in [0, 0.05) is 0 Å². The van der Waals surface area contributed by atoms with Crippen LogP contribution in [0.2, 0.25) is 4.44 Å². The second-order valence-electron chi connectivity index (χ2n) is 4.22. The summed E-state index contributed by atoms with van der Waals surface area (Å²) in [6.07, 6.45) is 2.04. The molecule has 0 aliphatic heterocycles. The Morgan fingerprint density at radius 2 is 1.47 bits per heavy atom. The van der Waals surface area contributed by atoms with E-state index < -0.39 is 0 Å². The fourth-order valence-electron chi connectivity index (χ4n) is 0.473. The molecule has 0 saturated heterocycles. The number of hydrogen-bond donors (Lipinski definition) is 1. The molecule has 0 heterocycles. The number of thioether (sulfide) groups is 1. The van der Waals surface area contributed by atoms with Gasteiger partial charge in [-0.3, -0.25) is 0 Å². The number of hydrogen-bond acceptors (Lipinski definition) is 4. The molecule has 0 fully saturated rings. The van der Waals surface area contributed by atoms with Crippen molar-refractivity contribution in [1.29, 1.82) is 0 Å². The van der Waals surface area contributed by atoms with Crippen LogP contribution in [0.5, 0.6) is 0 Å². The second-order valence-corrected chi connectivity index (χ2v) is 10.8. The van der Waals surface area contributed by atoms with Gasteiger partial charge in [0.15, 0.2) is 0 Å². The van der Waals surface area contributed by atoms with Crippen LogP contribution in [-0.2, 0) is 0 Å². The summed E-state index contributed by atoms with van der Waals surface area (Å²) in [6.45, 7) is 10.2. The minimum atomic E-state index is -0.366. The fraction of sp³-hybridized carbons (Fsp3) is 1.00. The summed E-state index contributed by atoms with van der Waals surface area (Å²) in [5, 5.41) is 19.8. The average Bonchev–Trinajstić information content (AvgIpc) is 2.40. The van der Waals surface area contributed by atoms with Crippen molar-refractivity contribution in [1.82, 2.24) is 0 Å². The number of rotatable bonds is 8. The van der Waals surface area contributed by atoms with Gasteiger partial charge in [0.2, 0.25) is 0 Å². The topological polar surface area (TPSA) is 72.1 Å². The molecule has 116 valence electrons. The molecule has 0 aromatic heterocycles. The summed E-state index contributed by atoms with van der Waals surface area (Å²) >= 11 is 2.13. The molecule has 0 rings (SSSR count). The van der Waals surface area contributed by atoms with Gasteiger partial charge in [-0.15, -0.1) is 12.2 Å². The van der Waals surface area contributed by atoms with E-state index >= 15 is 0 Å². The first-order valence-corrected chi connectivity index (χ1v) is 12.4. The molecule has 0 bridgehead atoms. The van der Waals surface area contributed by atoms with Crippen molar-refractivity contribution < 1.29 is 10.2 Å². The van der Waals surface area contributed by atoms with Crippen molar-refractivity contribution in [2.75, 3.05) is 16.1 Å². The summed E-state index contributed by atoms with van der Waals surface area (Å²) in [4.78, 5) is 0. The Kier molecular flexibility index (Phi) is 31.7. The van der Waals surface area contributed by atoms with Crippen molar-refractivity contribution in [3.63, 3.8) is 0 Å². The monoisotopic (exact) mass is 399 g/mol. The second kappa shape index (κ2) is 24.1. The summed E-state index contributed by atoms with van der Waals surface area (Å²) < 4.78 is 2.96. The molecule has 3 nitrogen and oxygen atoms in total. The predicted molar refractivity (Wildman–Crippen MR) is 86.7 cm³/mol. The van der Waals surface area contributed by atoms with E-state index in [0.717, 1.165) is 19.4 Å². The van der Waals surface area contributed by atoms with E-state index in [1.54, 1.807) is 13.8 Å². The standard InChI is InChI=1S/2C4H9O.C3H8N.C3H7S.Sn/c2*1-3-4(2)5;1-2-3-4;1-3-4-2;/h2*4H,3H2,1-2H3;1-4H2;2-3H2,1H3;/q2*-1;;;+2. The molecule has 0 saturated carbocycles. The Morgan fingerprint density at radius 1 is 1.05 bits per heavy atom. The Labute approximate surface area is 135 Å². The molecule has 0 aromatic rings. The van der Waals surface area contributed by atoms with Crippen LogP contribution in [0.4, 0.5) is 0 Å². The summed E-state index contributed by atoms with van der Waals surface area (Å²) in [6, 6.07) is 0. The van der Waals surface area contributed by atoms with Gasteiger partial charge in [0.1, 0.15) is 0 Å². The maximum absolute atomic E-state index is 9.90. The Hall–Kier alpha value is 1.03. The molecule has 5 heteroatoms. The van der Waals surface area contributed by atoms with E-state index in [0.29, 0.717) is 0 Å². The summed E-state index contributed by atoms with van der Waals surface area (Å²) in [5.41, 5.74) is 5.36. The molecule has 0 aliphatic rings. The third-order valence-corrected chi connectivity index (χ3v) is 8.45. The van der Waals surface area contributed by atoms with Crippen molar-refractivity contribution in [2.24, 2.45) is 5.73 Å². The van der Waals surface area contributed by atoms with Crippen LogP contribution in [0, 0.1) is 0 Å². The van der Waals surface area contributed by atoms with Gasteiger partial charge in [-0.2, -0.15) is 0 Å². The quantitative estimate of drug-likeness (QED) is 0.497. The zero-order valence-corrected chi connectivity index (χ0v) is 17.1. The van der Waals surface area contributed by atoms with Gasteiger partial charge in [-0.05, 0) is 0 Å². The van der Waals surface area contributed by atoms with Gasteiger partial charge >= 0.3 is 72.5 Å². The van der Waals surface area contributed by atoms with E-state index in [1.165, 1.54) is 20.4 Å². The van der Waals surface area contributed by atoms with E-state index in [4.69, 9.17) is 5.73 Å². The van der Waals surface area contributed by atoms with Crippen LogP contribution >= 0.6 is 11.8 Å². The molecule has 0 aromatic carbocycles. The molecule has 19 heavy (non-hydrogen) atoms. The van der Waals surface area contributed by atoms with Gasteiger partial charge in [0.25, 0.3) is 0 Å². The van der Waals surface area contributed by atoms with Crippen molar-refractivity contribution in [3.8, 4) is 0 Å². The average molecular weight is 398 g/mol. The molecule has 2 unspecified atom stereocenters. The molecule has 0 spiro atoms. The third kappa shape index (κ3) is 45.4. The molecule has 0 radical (unpaired) electrons. The van der Waals surface area contributed by atoms with Gasteiger partial charge in [-0.25, -0.2) is 0 Å². The predicted octanol–water partition coefficient (Wildman–Crippen LogP) is 1.46. The molecule has 0 amide bonds. The van der Waals surface area contributed by atoms with Crippen molar-refractivity contribution >= 4 is 32.9 Å². The Bertz CT molecular complexity index is 125. The first-order valence-electron chi connectivity index (χ1n) is 7.26.